The highest BCUT2D eigenvalue weighted by Crippen LogP contribution is 2.44. The molecule has 2 atom stereocenters. The van der Waals surface area contributed by atoms with Gasteiger partial charge in [0.05, 0.1) is 11.0 Å². The summed E-state index contributed by atoms with van der Waals surface area (Å²) in [5.41, 5.74) is 7.38. The number of aromatic nitrogens is 3. The zero-order chi connectivity index (χ0) is 50.2. The van der Waals surface area contributed by atoms with Crippen LogP contribution in [0.5, 0.6) is 17.5 Å². The molecule has 1 aliphatic heterocycles. The highest BCUT2D eigenvalue weighted by atomic mass is 32.2. The SMILES string of the molecule is Cn1c(=O)n(-c2ccc(OCc3ccccc3)nc2OCc2ccccc2)c2ccc(-c3ccc(CC4CC4C(=O)Nc4ccc5c(F)c(N6CC(=O)NS6(=O)=O)c(OCc6ccccc6)cc5c4)cc3)cc21. The van der Waals surface area contributed by atoms with Crippen LogP contribution in [0.4, 0.5) is 15.8 Å². The van der Waals surface area contributed by atoms with Crippen molar-refractivity contribution in [2.45, 2.75) is 32.7 Å². The van der Waals surface area contributed by atoms with Gasteiger partial charge in [0, 0.05) is 30.1 Å². The maximum absolute atomic E-state index is 16.3. The van der Waals surface area contributed by atoms with Crippen molar-refractivity contribution < 1.29 is 36.6 Å². The van der Waals surface area contributed by atoms with Crippen molar-refractivity contribution in [2.24, 2.45) is 18.9 Å². The Morgan fingerprint density at radius 1 is 0.712 bits per heavy atom. The lowest BCUT2D eigenvalue weighted by atomic mass is 10.0. The van der Waals surface area contributed by atoms with Gasteiger partial charge in [-0.2, -0.15) is 13.4 Å². The van der Waals surface area contributed by atoms with E-state index in [0.717, 1.165) is 38.9 Å². The van der Waals surface area contributed by atoms with E-state index in [1.54, 1.807) is 40.4 Å². The first kappa shape index (κ1) is 46.6. The van der Waals surface area contributed by atoms with E-state index in [-0.39, 0.29) is 59.3 Å². The normalized spacial score (nSPS) is 15.8. The first-order valence-electron chi connectivity index (χ1n) is 23.7. The number of ether oxygens (including phenoxy) is 3. The number of anilines is 2. The quantitative estimate of drug-likeness (QED) is 0.0961. The molecule has 2 fully saturated rings. The third-order valence-electron chi connectivity index (χ3n) is 13.2. The number of hydrogen-bond donors (Lipinski definition) is 2. The Hall–Kier alpha value is -8.76. The monoisotopic (exact) mass is 994 g/mol. The molecule has 0 radical (unpaired) electrons. The van der Waals surface area contributed by atoms with Crippen LogP contribution in [0.1, 0.15) is 28.7 Å². The van der Waals surface area contributed by atoms with Crippen molar-refractivity contribution in [1.82, 2.24) is 18.8 Å². The summed E-state index contributed by atoms with van der Waals surface area (Å²) >= 11 is 0. The van der Waals surface area contributed by atoms with Gasteiger partial charge in [0.15, 0.2) is 5.82 Å². The van der Waals surface area contributed by atoms with Gasteiger partial charge in [-0.3, -0.25) is 18.7 Å². The zero-order valence-electron chi connectivity index (χ0n) is 39.4. The van der Waals surface area contributed by atoms with Crippen LogP contribution >= 0.6 is 0 Å². The van der Waals surface area contributed by atoms with E-state index in [2.05, 4.69) is 17.4 Å². The molecule has 1 saturated heterocycles. The Labute approximate surface area is 419 Å². The fourth-order valence-electron chi connectivity index (χ4n) is 9.27. The van der Waals surface area contributed by atoms with Gasteiger partial charge < -0.3 is 19.5 Å². The van der Waals surface area contributed by atoms with E-state index in [0.29, 0.717) is 51.9 Å². The third-order valence-corrected chi connectivity index (χ3v) is 14.6. The molecular weight excluding hydrogens is 948 g/mol. The van der Waals surface area contributed by atoms with Crippen molar-refractivity contribution in [2.75, 3.05) is 16.2 Å². The van der Waals surface area contributed by atoms with Crippen molar-refractivity contribution in [3.8, 4) is 34.3 Å². The Morgan fingerprint density at radius 2 is 1.36 bits per heavy atom. The molecule has 3 heterocycles. The number of benzene rings is 7. The number of imidazole rings is 1. The smallest absolute Gasteiger partial charge is 0.333 e. The minimum atomic E-state index is -4.35. The summed E-state index contributed by atoms with van der Waals surface area (Å²) in [7, 11) is -2.61. The van der Waals surface area contributed by atoms with E-state index in [1.165, 1.54) is 12.1 Å². The molecule has 1 aliphatic carbocycles. The average Bonchev–Trinajstić information content (AvgIpc) is 4.06. The minimum absolute atomic E-state index is 0.0124. The first-order chi connectivity index (χ1) is 35.5. The molecule has 2 amide bonds. The van der Waals surface area contributed by atoms with Crippen molar-refractivity contribution in [3.05, 3.63) is 208 Å². The fourth-order valence-corrected chi connectivity index (χ4v) is 10.4. The largest absolute Gasteiger partial charge is 0.487 e. The number of carbonyl (C=O) groups excluding carboxylic acids is 2. The number of nitrogens with one attached hydrogen (secondary N) is 2. The van der Waals surface area contributed by atoms with E-state index >= 15 is 4.39 Å². The molecular formula is C57H47FN6O8S. The second kappa shape index (κ2) is 19.4. The Kier molecular flexibility index (Phi) is 12.4. The van der Waals surface area contributed by atoms with Crippen LogP contribution in [-0.4, -0.2) is 40.9 Å². The predicted octanol–water partition coefficient (Wildman–Crippen LogP) is 9.42. The van der Waals surface area contributed by atoms with Crippen molar-refractivity contribution >= 4 is 55.2 Å². The van der Waals surface area contributed by atoms with Crippen LogP contribution in [0.3, 0.4) is 0 Å². The highest BCUT2D eigenvalue weighted by Gasteiger charge is 2.43. The molecule has 9 aromatic rings. The van der Waals surface area contributed by atoms with E-state index in [1.807, 2.05) is 126 Å². The molecule has 2 aliphatic rings. The van der Waals surface area contributed by atoms with E-state index < -0.39 is 28.5 Å². The average molecular weight is 995 g/mol. The topological polar surface area (TPSA) is 163 Å². The molecule has 7 aromatic carbocycles. The number of aryl methyl sites for hydroxylation is 1. The summed E-state index contributed by atoms with van der Waals surface area (Å²) in [4.78, 5) is 44.5. The lowest BCUT2D eigenvalue weighted by molar-refractivity contribution is -0.118. The standard InChI is InChI=1S/C57H47FN6O8S/c1-62-49-30-41(21-24-47(49)64(57(62)67)48-25-26-52(71-34-38-13-7-3-8-14-38)60-56(48)72-35-39-15-9-4-10-16-39)40-19-17-36(18-20-40)27-42-29-46(42)55(66)59-44-22-23-45-43(28-44)31-50(70-33-37-11-5-2-6-12-37)54(53(45)58)63-32-51(65)61-73(63,68)69/h2-26,28,30-31,42,46H,27,29,32-35H2,1H3,(H,59,66)(H,61,65). The summed E-state index contributed by atoms with van der Waals surface area (Å²) < 4.78 is 66.2. The molecule has 2 aromatic heterocycles. The van der Waals surface area contributed by atoms with Crippen LogP contribution in [0, 0.1) is 17.7 Å². The predicted molar refractivity (Wildman–Crippen MR) is 276 cm³/mol. The maximum Gasteiger partial charge on any atom is 0.333 e. The van der Waals surface area contributed by atoms with Gasteiger partial charge in [0.1, 0.15) is 43.5 Å². The van der Waals surface area contributed by atoms with Crippen LogP contribution in [0.15, 0.2) is 175 Å². The molecule has 16 heteroatoms. The molecule has 0 spiro atoms. The van der Waals surface area contributed by atoms with Crippen molar-refractivity contribution in [3.63, 3.8) is 0 Å². The Morgan fingerprint density at radius 3 is 2.01 bits per heavy atom. The second-order valence-corrected chi connectivity index (χ2v) is 19.8. The van der Waals surface area contributed by atoms with Gasteiger partial charge in [0.25, 0.3) is 5.91 Å². The molecule has 11 rings (SSSR count). The summed E-state index contributed by atoms with van der Waals surface area (Å²) in [5, 5.41) is 3.45. The first-order valence-corrected chi connectivity index (χ1v) is 25.1. The second-order valence-electron chi connectivity index (χ2n) is 18.2. The number of hydrogen-bond acceptors (Lipinski definition) is 9. The molecule has 14 nitrogen and oxygen atoms in total. The van der Waals surface area contributed by atoms with Gasteiger partial charge in [-0.15, -0.1) is 0 Å². The molecule has 366 valence electrons. The number of rotatable bonds is 16. The van der Waals surface area contributed by atoms with Gasteiger partial charge in [-0.1, -0.05) is 121 Å². The van der Waals surface area contributed by atoms with E-state index in [4.69, 9.17) is 19.2 Å². The Bertz CT molecular complexity index is 3740. The molecule has 73 heavy (non-hydrogen) atoms. The van der Waals surface area contributed by atoms with Gasteiger partial charge in [0.2, 0.25) is 17.7 Å². The van der Waals surface area contributed by atoms with Gasteiger partial charge >= 0.3 is 15.9 Å². The highest BCUT2D eigenvalue weighted by molar-refractivity contribution is 7.92. The minimum Gasteiger partial charge on any atom is -0.487 e. The fraction of sp³-hybridized carbons (Fsp3) is 0.158. The van der Waals surface area contributed by atoms with Crippen LogP contribution in [-0.2, 0) is 53.1 Å². The zero-order valence-corrected chi connectivity index (χ0v) is 40.2. The summed E-state index contributed by atoms with van der Waals surface area (Å²) in [6.45, 7) is -0.0249. The molecule has 0 bridgehead atoms. The number of nitrogens with zero attached hydrogens (tertiary/aromatic N) is 4. The summed E-state index contributed by atoms with van der Waals surface area (Å²) in [5.74, 6) is -1.38. The number of pyridine rings is 1. The Balaban J connectivity index is 0.775. The number of amides is 2. The van der Waals surface area contributed by atoms with Gasteiger partial charge in [-0.25, -0.2) is 18.2 Å². The number of fused-ring (bicyclic) bond motifs is 2. The van der Waals surface area contributed by atoms with Crippen LogP contribution in [0.25, 0.3) is 38.6 Å². The van der Waals surface area contributed by atoms with Crippen molar-refractivity contribution in [1.29, 1.82) is 0 Å². The van der Waals surface area contributed by atoms with E-state index in [9.17, 15) is 22.8 Å². The van der Waals surface area contributed by atoms with Crippen LogP contribution in [0.2, 0.25) is 0 Å². The van der Waals surface area contributed by atoms with Crippen LogP contribution < -0.4 is 34.2 Å². The maximum atomic E-state index is 16.3. The lowest BCUT2D eigenvalue weighted by Crippen LogP contribution is -2.30. The summed E-state index contributed by atoms with van der Waals surface area (Å²) in [6, 6.07) is 52.5. The molecule has 2 unspecified atom stereocenters. The molecule has 1 saturated carbocycles. The lowest BCUT2D eigenvalue weighted by Gasteiger charge is -2.21. The molecule has 2 N–H and O–H groups in total. The number of carbonyl (C=O) groups is 2. The summed E-state index contributed by atoms with van der Waals surface area (Å²) in [6.07, 6.45) is 1.39. The third kappa shape index (κ3) is 9.72. The van der Waals surface area contributed by atoms with Gasteiger partial charge in [-0.05, 0) is 100.0 Å². The number of halogens is 1.